The highest BCUT2D eigenvalue weighted by molar-refractivity contribution is 6.31. The molecular formula is C50H78Cl2N8O9. The predicted molar refractivity (Wildman–Crippen MR) is 272 cm³/mol. The quantitative estimate of drug-likeness (QED) is 0.178. The van der Waals surface area contributed by atoms with Crippen LogP contribution in [0.25, 0.3) is 0 Å². The zero-order valence-corrected chi connectivity index (χ0v) is 44.5. The normalized spacial score (nSPS) is 19.0. The third-order valence-electron chi connectivity index (χ3n) is 10.9. The first kappa shape index (κ1) is 56.9. The molecule has 19 heteroatoms. The van der Waals surface area contributed by atoms with Gasteiger partial charge in [0.1, 0.15) is 22.4 Å². The lowest BCUT2D eigenvalue weighted by Gasteiger charge is -2.36. The van der Waals surface area contributed by atoms with Gasteiger partial charge < -0.3 is 54.5 Å². The summed E-state index contributed by atoms with van der Waals surface area (Å²) >= 11 is 12.4. The Balaban J connectivity index is 0.000000252. The standard InChI is InChI=1S/C25H39ClN4O4.C16H21ClN2O3.C9H18N2O2/c1-24(2,3)33-22(31)27-20-9-10-30(17-20)21-15-19(26)8-7-18(21)16-28-11-13-29(14-12-28)23(32)34-25(4,5)6;1-16(2,3)22-15(21)18-13-6-7-19(9-13)14-8-12(17)5-4-11(14)10-20;1-9(2,3)13-8(12)11-6-4-10-5-7-11/h7-8,15,20H,9-14,16-17H2,1-6H3,(H,27,31);4-5,8,10,13H,6-7,9H2,1-3H3,(H,18,21);10H,4-7H2,1-3H3/t20-;13-;/m11./s1. The minimum Gasteiger partial charge on any atom is -0.444 e. The van der Waals surface area contributed by atoms with Crippen LogP contribution in [0.1, 0.15) is 112 Å². The van der Waals surface area contributed by atoms with Crippen LogP contribution in [0.15, 0.2) is 36.4 Å². The summed E-state index contributed by atoms with van der Waals surface area (Å²) in [5.74, 6) is 0. The molecule has 0 saturated carbocycles. The second-order valence-electron chi connectivity index (χ2n) is 21.7. The number of aldehydes is 1. The van der Waals surface area contributed by atoms with E-state index in [4.69, 9.17) is 42.1 Å². The predicted octanol–water partition coefficient (Wildman–Crippen LogP) is 8.58. The first-order valence-corrected chi connectivity index (χ1v) is 24.7. The van der Waals surface area contributed by atoms with Crippen molar-refractivity contribution in [1.29, 1.82) is 0 Å². The lowest BCUT2D eigenvalue weighted by Crippen LogP contribution is -2.49. The number of carbonyl (C=O) groups is 5. The minimum atomic E-state index is -0.518. The van der Waals surface area contributed by atoms with Crippen molar-refractivity contribution in [2.45, 2.75) is 137 Å². The van der Waals surface area contributed by atoms with Crippen LogP contribution in [-0.2, 0) is 25.5 Å². The Labute approximate surface area is 420 Å². The lowest BCUT2D eigenvalue weighted by atomic mass is 10.1. The van der Waals surface area contributed by atoms with Crippen LogP contribution < -0.4 is 25.8 Å². The first-order chi connectivity index (χ1) is 32.1. The van der Waals surface area contributed by atoms with Gasteiger partial charge in [-0.1, -0.05) is 29.3 Å². The number of hydrogen-bond donors (Lipinski definition) is 3. The molecule has 4 aliphatic rings. The second kappa shape index (κ2) is 24.9. The van der Waals surface area contributed by atoms with Crippen molar-refractivity contribution in [1.82, 2.24) is 30.7 Å². The summed E-state index contributed by atoms with van der Waals surface area (Å²) in [7, 11) is 0. The number of piperazine rings is 2. The lowest BCUT2D eigenvalue weighted by molar-refractivity contribution is 0.0137. The third-order valence-corrected chi connectivity index (χ3v) is 11.3. The first-order valence-electron chi connectivity index (χ1n) is 24.0. The van der Waals surface area contributed by atoms with Gasteiger partial charge in [-0.15, -0.1) is 0 Å². The van der Waals surface area contributed by atoms with Gasteiger partial charge in [0.2, 0.25) is 0 Å². The minimum absolute atomic E-state index is 0.00617. The highest BCUT2D eigenvalue weighted by Gasteiger charge is 2.31. The molecule has 4 fully saturated rings. The number of halogens is 2. The molecule has 386 valence electrons. The Morgan fingerprint density at radius 2 is 1.01 bits per heavy atom. The molecule has 4 saturated heterocycles. The van der Waals surface area contributed by atoms with Gasteiger partial charge in [-0.25, -0.2) is 19.2 Å². The summed E-state index contributed by atoms with van der Waals surface area (Å²) in [5.41, 5.74) is 1.78. The van der Waals surface area contributed by atoms with Crippen molar-refractivity contribution in [2.75, 3.05) is 88.3 Å². The number of carbonyl (C=O) groups excluding carboxylic acids is 5. The largest absolute Gasteiger partial charge is 0.444 e. The van der Waals surface area contributed by atoms with Gasteiger partial charge in [-0.2, -0.15) is 0 Å². The molecule has 6 rings (SSSR count). The number of rotatable bonds is 7. The Morgan fingerprint density at radius 3 is 1.46 bits per heavy atom. The van der Waals surface area contributed by atoms with E-state index in [1.165, 1.54) is 5.56 Å². The molecular weight excluding hydrogens is 928 g/mol. The molecule has 4 heterocycles. The molecule has 4 amide bonds. The van der Waals surface area contributed by atoms with E-state index in [-0.39, 0.29) is 36.0 Å². The van der Waals surface area contributed by atoms with Crippen molar-refractivity contribution >= 4 is 65.2 Å². The molecule has 69 heavy (non-hydrogen) atoms. The maximum absolute atomic E-state index is 12.4. The van der Waals surface area contributed by atoms with Gasteiger partial charge in [0.15, 0.2) is 6.29 Å². The summed E-state index contributed by atoms with van der Waals surface area (Å²) in [4.78, 5) is 69.2. The third kappa shape index (κ3) is 20.7. The number of nitrogens with one attached hydrogen (secondary N) is 3. The molecule has 0 bridgehead atoms. The molecule has 4 aliphatic heterocycles. The molecule has 0 unspecified atom stereocenters. The maximum atomic E-state index is 12.4. The smallest absolute Gasteiger partial charge is 0.410 e. The molecule has 17 nitrogen and oxygen atoms in total. The molecule has 0 spiro atoms. The van der Waals surface area contributed by atoms with Gasteiger partial charge in [-0.05, 0) is 132 Å². The fourth-order valence-corrected chi connectivity index (χ4v) is 8.16. The van der Waals surface area contributed by atoms with Crippen LogP contribution in [0.2, 0.25) is 10.0 Å². The van der Waals surface area contributed by atoms with Crippen LogP contribution in [0, 0.1) is 0 Å². The number of nitrogens with zero attached hydrogens (tertiary/aromatic N) is 5. The van der Waals surface area contributed by atoms with Gasteiger partial charge in [0.05, 0.1) is 12.1 Å². The highest BCUT2D eigenvalue weighted by Crippen LogP contribution is 2.30. The van der Waals surface area contributed by atoms with E-state index < -0.39 is 22.9 Å². The zero-order valence-electron chi connectivity index (χ0n) is 43.0. The van der Waals surface area contributed by atoms with E-state index in [0.717, 1.165) is 89.4 Å². The average molecular weight is 1010 g/mol. The van der Waals surface area contributed by atoms with E-state index >= 15 is 0 Å². The average Bonchev–Trinajstić information content (AvgIpc) is 3.89. The molecule has 2 aromatic rings. The number of hydrogen-bond acceptors (Lipinski definition) is 13. The van der Waals surface area contributed by atoms with E-state index in [1.54, 1.807) is 28.0 Å². The monoisotopic (exact) mass is 1000 g/mol. The van der Waals surface area contributed by atoms with Gasteiger partial charge in [0.25, 0.3) is 0 Å². The molecule has 3 N–H and O–H groups in total. The summed E-state index contributed by atoms with van der Waals surface area (Å²) in [6.07, 6.45) is 1.22. The topological polar surface area (TPSA) is 175 Å². The van der Waals surface area contributed by atoms with Crippen molar-refractivity contribution in [3.05, 3.63) is 57.6 Å². The molecule has 0 radical (unpaired) electrons. The van der Waals surface area contributed by atoms with Crippen molar-refractivity contribution in [3.63, 3.8) is 0 Å². The van der Waals surface area contributed by atoms with Crippen LogP contribution in [0.5, 0.6) is 0 Å². The van der Waals surface area contributed by atoms with Crippen LogP contribution in [0.3, 0.4) is 0 Å². The second-order valence-corrected chi connectivity index (χ2v) is 22.6. The summed E-state index contributed by atoms with van der Waals surface area (Å²) < 4.78 is 21.4. The van der Waals surface area contributed by atoms with Crippen LogP contribution >= 0.6 is 23.2 Å². The Bertz CT molecular complexity index is 2040. The molecule has 0 aliphatic carbocycles. The summed E-state index contributed by atoms with van der Waals surface area (Å²) in [6.45, 7) is 32.1. The SMILES string of the molecule is CC(C)(C)OC(=O)N1CCNCC1.CC(C)(C)OC(=O)N[C@@H]1CCN(c2cc(Cl)ccc2C=O)C1.CC(C)(C)OC(=O)N[C@@H]1CCN(c2cc(Cl)ccc2CN2CCN(C(=O)OC(C)(C)C)CC2)C1. The number of anilines is 2. The van der Waals surface area contributed by atoms with Crippen molar-refractivity contribution in [2.24, 2.45) is 0 Å². The number of alkyl carbamates (subject to hydrolysis) is 2. The summed E-state index contributed by atoms with van der Waals surface area (Å²) in [5, 5.41) is 10.3. The van der Waals surface area contributed by atoms with Gasteiger partial charge >= 0.3 is 24.4 Å². The Hall–Kier alpha value is -4.71. The highest BCUT2D eigenvalue weighted by atomic mass is 35.5. The van der Waals surface area contributed by atoms with E-state index in [0.29, 0.717) is 41.8 Å². The van der Waals surface area contributed by atoms with Gasteiger partial charge in [0, 0.05) is 112 Å². The maximum Gasteiger partial charge on any atom is 0.410 e. The number of ether oxygens (including phenoxy) is 4. The fraction of sp³-hybridized carbons (Fsp3) is 0.660. The Kier molecular flexibility index (Phi) is 20.5. The Morgan fingerprint density at radius 1 is 0.594 bits per heavy atom. The molecule has 2 atom stereocenters. The fourth-order valence-electron chi connectivity index (χ4n) is 7.83. The number of amides is 4. The van der Waals surface area contributed by atoms with Gasteiger partial charge in [-0.3, -0.25) is 9.69 Å². The summed E-state index contributed by atoms with van der Waals surface area (Å²) in [6, 6.07) is 11.2. The van der Waals surface area contributed by atoms with Crippen LogP contribution in [0.4, 0.5) is 30.6 Å². The van der Waals surface area contributed by atoms with E-state index in [9.17, 15) is 24.0 Å². The van der Waals surface area contributed by atoms with E-state index in [1.807, 2.05) is 95.2 Å². The number of benzene rings is 2. The van der Waals surface area contributed by atoms with Crippen molar-refractivity contribution in [3.8, 4) is 0 Å². The zero-order chi connectivity index (χ0) is 51.3. The van der Waals surface area contributed by atoms with Crippen molar-refractivity contribution < 1.29 is 42.9 Å². The van der Waals surface area contributed by atoms with Crippen LogP contribution in [-0.4, -0.2) is 158 Å². The van der Waals surface area contributed by atoms with E-state index in [2.05, 4.69) is 36.7 Å². The molecule has 0 aromatic heterocycles. The molecule has 2 aromatic carbocycles.